The van der Waals surface area contributed by atoms with Crippen LogP contribution in [0.4, 0.5) is 0 Å². The lowest BCUT2D eigenvalue weighted by Crippen LogP contribution is -2.09. The summed E-state index contributed by atoms with van der Waals surface area (Å²) in [5.74, 6) is 0. The average Bonchev–Trinajstić information content (AvgIpc) is 3.00. The quantitative estimate of drug-likeness (QED) is 0.702. The van der Waals surface area contributed by atoms with Crippen LogP contribution in [0.15, 0.2) is 72.2 Å². The highest BCUT2D eigenvalue weighted by molar-refractivity contribution is 7.11. The Hall–Kier alpha value is -2.13. The van der Waals surface area contributed by atoms with Crippen molar-refractivity contribution in [2.75, 3.05) is 0 Å². The molecule has 1 aromatic heterocycles. The summed E-state index contributed by atoms with van der Waals surface area (Å²) >= 11 is 1.51. The summed E-state index contributed by atoms with van der Waals surface area (Å²) in [6.45, 7) is 0. The minimum absolute atomic E-state index is 0.117. The highest BCUT2D eigenvalue weighted by atomic mass is 32.1. The predicted molar refractivity (Wildman–Crippen MR) is 77.5 cm³/mol. The summed E-state index contributed by atoms with van der Waals surface area (Å²) in [6, 6.07) is 20.4. The predicted octanol–water partition coefficient (Wildman–Crippen LogP) is 4.31. The lowest BCUT2D eigenvalue weighted by Gasteiger charge is -2.18. The molecule has 0 aliphatic heterocycles. The second-order valence-electron chi connectivity index (χ2n) is 4.12. The van der Waals surface area contributed by atoms with Crippen LogP contribution in [-0.2, 0) is 0 Å². The maximum absolute atomic E-state index is 6.03. The van der Waals surface area contributed by atoms with Crippen molar-refractivity contribution in [3.05, 3.63) is 83.4 Å². The van der Waals surface area contributed by atoms with Crippen LogP contribution < -0.4 is 4.74 Å². The third-order valence-corrected chi connectivity index (χ3v) is 3.49. The van der Waals surface area contributed by atoms with Crippen LogP contribution in [0.5, 0.6) is 5.19 Å². The van der Waals surface area contributed by atoms with E-state index in [1.165, 1.54) is 11.3 Å². The van der Waals surface area contributed by atoms with E-state index in [0.717, 1.165) is 11.1 Å². The Kier molecular flexibility index (Phi) is 3.56. The maximum Gasteiger partial charge on any atom is 0.274 e. The van der Waals surface area contributed by atoms with Crippen LogP contribution in [0.1, 0.15) is 17.2 Å². The van der Waals surface area contributed by atoms with Crippen molar-refractivity contribution in [2.45, 2.75) is 6.10 Å². The van der Waals surface area contributed by atoms with E-state index in [4.69, 9.17) is 4.74 Å². The maximum atomic E-state index is 6.03. The van der Waals surface area contributed by atoms with E-state index in [1.807, 2.05) is 41.8 Å². The van der Waals surface area contributed by atoms with Crippen molar-refractivity contribution < 1.29 is 4.74 Å². The van der Waals surface area contributed by atoms with Gasteiger partial charge in [0.15, 0.2) is 6.10 Å². The van der Waals surface area contributed by atoms with Gasteiger partial charge in [0, 0.05) is 11.6 Å². The Morgan fingerprint density at radius 2 is 1.42 bits per heavy atom. The fraction of sp³-hybridized carbons (Fsp3) is 0.0625. The van der Waals surface area contributed by atoms with E-state index < -0.39 is 0 Å². The third kappa shape index (κ3) is 2.83. The summed E-state index contributed by atoms with van der Waals surface area (Å²) in [5, 5.41) is 2.61. The minimum Gasteiger partial charge on any atom is -0.457 e. The minimum atomic E-state index is -0.117. The first-order chi connectivity index (χ1) is 9.43. The number of rotatable bonds is 4. The van der Waals surface area contributed by atoms with Crippen molar-refractivity contribution in [1.82, 2.24) is 4.98 Å². The SMILES string of the molecule is c1ccc(C(Oc2nccs2)c2ccccc2)cc1. The van der Waals surface area contributed by atoms with Gasteiger partial charge in [-0.25, -0.2) is 4.98 Å². The molecule has 0 aliphatic carbocycles. The number of thiazole rings is 1. The summed E-state index contributed by atoms with van der Waals surface area (Å²) < 4.78 is 6.03. The van der Waals surface area contributed by atoms with Crippen LogP contribution in [0.2, 0.25) is 0 Å². The average molecular weight is 267 g/mol. The first-order valence-electron chi connectivity index (χ1n) is 6.09. The summed E-state index contributed by atoms with van der Waals surface area (Å²) in [4.78, 5) is 4.20. The third-order valence-electron chi connectivity index (χ3n) is 2.83. The first-order valence-corrected chi connectivity index (χ1v) is 6.97. The molecule has 3 rings (SSSR count). The van der Waals surface area contributed by atoms with Gasteiger partial charge < -0.3 is 4.74 Å². The first kappa shape index (κ1) is 11.9. The number of benzene rings is 2. The zero-order valence-electron chi connectivity index (χ0n) is 10.3. The second-order valence-corrected chi connectivity index (χ2v) is 4.97. The van der Waals surface area contributed by atoms with E-state index in [9.17, 15) is 0 Å². The number of nitrogens with zero attached hydrogens (tertiary/aromatic N) is 1. The molecule has 2 nitrogen and oxygen atoms in total. The molecule has 3 heteroatoms. The fourth-order valence-electron chi connectivity index (χ4n) is 1.95. The summed E-state index contributed by atoms with van der Waals surface area (Å²) in [7, 11) is 0. The fourth-order valence-corrected chi connectivity index (χ4v) is 2.47. The van der Waals surface area contributed by atoms with Gasteiger partial charge in [-0.3, -0.25) is 0 Å². The molecular formula is C16H13NOS. The molecule has 0 aliphatic rings. The van der Waals surface area contributed by atoms with Crippen molar-refractivity contribution in [3.63, 3.8) is 0 Å². The number of ether oxygens (including phenoxy) is 1. The lowest BCUT2D eigenvalue weighted by molar-refractivity contribution is 0.246. The second kappa shape index (κ2) is 5.67. The Bertz CT molecular complexity index is 568. The van der Waals surface area contributed by atoms with E-state index in [1.54, 1.807) is 6.20 Å². The van der Waals surface area contributed by atoms with Crippen LogP contribution in [-0.4, -0.2) is 4.98 Å². The van der Waals surface area contributed by atoms with Crippen LogP contribution in [0, 0.1) is 0 Å². The van der Waals surface area contributed by atoms with Gasteiger partial charge in [0.1, 0.15) is 0 Å². The molecule has 0 saturated heterocycles. The van der Waals surface area contributed by atoms with E-state index in [2.05, 4.69) is 29.2 Å². The van der Waals surface area contributed by atoms with Gasteiger partial charge in [0.25, 0.3) is 5.19 Å². The van der Waals surface area contributed by atoms with Crippen LogP contribution >= 0.6 is 11.3 Å². The Morgan fingerprint density at radius 3 is 1.89 bits per heavy atom. The zero-order chi connectivity index (χ0) is 12.9. The van der Waals surface area contributed by atoms with Crippen LogP contribution in [0.3, 0.4) is 0 Å². The van der Waals surface area contributed by atoms with Gasteiger partial charge in [-0.1, -0.05) is 72.0 Å². The molecule has 19 heavy (non-hydrogen) atoms. The molecule has 0 radical (unpaired) electrons. The smallest absolute Gasteiger partial charge is 0.274 e. The highest BCUT2D eigenvalue weighted by Crippen LogP contribution is 2.29. The van der Waals surface area contributed by atoms with Crippen molar-refractivity contribution >= 4 is 11.3 Å². The number of hydrogen-bond acceptors (Lipinski definition) is 3. The molecule has 0 N–H and O–H groups in total. The summed E-state index contributed by atoms with van der Waals surface area (Å²) in [5.41, 5.74) is 2.26. The van der Waals surface area contributed by atoms with Crippen molar-refractivity contribution in [3.8, 4) is 5.19 Å². The molecule has 94 valence electrons. The Morgan fingerprint density at radius 1 is 0.842 bits per heavy atom. The molecule has 0 atom stereocenters. The molecule has 1 heterocycles. The number of aromatic nitrogens is 1. The van der Waals surface area contributed by atoms with Gasteiger partial charge in [-0.05, 0) is 11.1 Å². The topological polar surface area (TPSA) is 22.1 Å². The van der Waals surface area contributed by atoms with Gasteiger partial charge in [0.05, 0.1) is 0 Å². The van der Waals surface area contributed by atoms with E-state index in [-0.39, 0.29) is 6.10 Å². The summed E-state index contributed by atoms with van der Waals surface area (Å²) in [6.07, 6.45) is 1.64. The van der Waals surface area contributed by atoms with Gasteiger partial charge in [0.2, 0.25) is 0 Å². The Balaban J connectivity index is 1.96. The van der Waals surface area contributed by atoms with Crippen LogP contribution in [0.25, 0.3) is 0 Å². The van der Waals surface area contributed by atoms with Gasteiger partial charge in [-0.15, -0.1) is 0 Å². The molecule has 0 amide bonds. The molecular weight excluding hydrogens is 254 g/mol. The molecule has 0 spiro atoms. The zero-order valence-corrected chi connectivity index (χ0v) is 11.1. The lowest BCUT2D eigenvalue weighted by atomic mass is 10.0. The number of hydrogen-bond donors (Lipinski definition) is 0. The van der Waals surface area contributed by atoms with Gasteiger partial charge in [-0.2, -0.15) is 0 Å². The molecule has 0 saturated carbocycles. The standard InChI is InChI=1S/C16H13NOS/c1-3-7-13(8-4-1)15(14-9-5-2-6-10-14)18-16-17-11-12-19-16/h1-12,15H. The largest absolute Gasteiger partial charge is 0.457 e. The van der Waals surface area contributed by atoms with E-state index >= 15 is 0 Å². The monoisotopic (exact) mass is 267 g/mol. The molecule has 0 fully saturated rings. The molecule has 0 unspecified atom stereocenters. The Labute approximate surface area is 116 Å². The normalized spacial score (nSPS) is 10.6. The highest BCUT2D eigenvalue weighted by Gasteiger charge is 2.16. The van der Waals surface area contributed by atoms with Gasteiger partial charge >= 0.3 is 0 Å². The molecule has 0 bridgehead atoms. The van der Waals surface area contributed by atoms with E-state index in [0.29, 0.717) is 5.19 Å². The molecule has 3 aromatic rings. The molecule has 2 aromatic carbocycles. The van der Waals surface area contributed by atoms with Crippen molar-refractivity contribution in [1.29, 1.82) is 0 Å². The van der Waals surface area contributed by atoms with Crippen molar-refractivity contribution in [2.24, 2.45) is 0 Å².